The molecule has 3 N–H and O–H groups in total. The van der Waals surface area contributed by atoms with Gasteiger partial charge in [0.15, 0.2) is 0 Å². The van der Waals surface area contributed by atoms with Crippen molar-refractivity contribution >= 4 is 6.09 Å². The predicted molar refractivity (Wildman–Crippen MR) is 74.8 cm³/mol. The number of carbonyl (C=O) groups excluding carboxylic acids is 1. The van der Waals surface area contributed by atoms with E-state index in [1.807, 2.05) is 20.8 Å². The third-order valence-corrected chi connectivity index (χ3v) is 3.36. The Balaban J connectivity index is 2.74. The highest BCUT2D eigenvalue weighted by Crippen LogP contribution is 2.34. The summed E-state index contributed by atoms with van der Waals surface area (Å²) in [5.74, 6) is 0. The summed E-state index contributed by atoms with van der Waals surface area (Å²) in [6, 6.07) is 2.27. The van der Waals surface area contributed by atoms with E-state index in [1.54, 1.807) is 4.90 Å². The van der Waals surface area contributed by atoms with Crippen molar-refractivity contribution in [2.24, 2.45) is 11.1 Å². The van der Waals surface area contributed by atoms with Crippen molar-refractivity contribution < 1.29 is 14.6 Å². The number of aliphatic hydroxyl groups is 1. The third kappa shape index (κ3) is 4.66. The number of nitrogens with two attached hydrogens (primary N) is 1. The van der Waals surface area contributed by atoms with E-state index in [0.29, 0.717) is 19.4 Å². The molecule has 0 saturated carbocycles. The first-order chi connectivity index (χ1) is 9.21. The summed E-state index contributed by atoms with van der Waals surface area (Å²) in [7, 11) is 0. The number of aliphatic hydroxyl groups excluding tert-OH is 1. The minimum atomic E-state index is -0.728. The van der Waals surface area contributed by atoms with Gasteiger partial charge in [0.25, 0.3) is 0 Å². The predicted octanol–water partition coefficient (Wildman–Crippen LogP) is 1.24. The van der Waals surface area contributed by atoms with E-state index in [4.69, 9.17) is 10.5 Å². The summed E-state index contributed by atoms with van der Waals surface area (Å²) in [5.41, 5.74) is 4.13. The van der Waals surface area contributed by atoms with Gasteiger partial charge in [0, 0.05) is 19.6 Å². The fraction of sp³-hybridized carbons (Fsp3) is 0.857. The second-order valence-electron chi connectivity index (χ2n) is 6.49. The molecular formula is C14H25N3O3. The second kappa shape index (κ2) is 6.42. The Morgan fingerprint density at radius 3 is 2.75 bits per heavy atom. The molecule has 1 aliphatic rings. The molecule has 1 amide bonds. The van der Waals surface area contributed by atoms with Gasteiger partial charge in [-0.1, -0.05) is 0 Å². The van der Waals surface area contributed by atoms with Gasteiger partial charge in [-0.05, 0) is 40.0 Å². The van der Waals surface area contributed by atoms with E-state index >= 15 is 0 Å². The van der Waals surface area contributed by atoms with Crippen LogP contribution in [0.3, 0.4) is 0 Å². The van der Waals surface area contributed by atoms with Gasteiger partial charge in [0.2, 0.25) is 0 Å². The van der Waals surface area contributed by atoms with Gasteiger partial charge in [-0.25, -0.2) is 4.79 Å². The first-order valence-electron chi connectivity index (χ1n) is 6.99. The lowest BCUT2D eigenvalue weighted by Crippen LogP contribution is -2.48. The van der Waals surface area contributed by atoms with Crippen LogP contribution in [0.1, 0.15) is 40.0 Å². The van der Waals surface area contributed by atoms with E-state index in [2.05, 4.69) is 6.07 Å². The third-order valence-electron chi connectivity index (χ3n) is 3.36. The lowest BCUT2D eigenvalue weighted by atomic mass is 9.77. The number of rotatable bonds is 3. The molecule has 1 fully saturated rings. The molecule has 6 nitrogen and oxygen atoms in total. The van der Waals surface area contributed by atoms with E-state index in [0.717, 1.165) is 6.42 Å². The van der Waals surface area contributed by atoms with Crippen LogP contribution in [0, 0.1) is 16.7 Å². The van der Waals surface area contributed by atoms with Crippen LogP contribution < -0.4 is 5.73 Å². The van der Waals surface area contributed by atoms with Gasteiger partial charge >= 0.3 is 6.09 Å². The molecule has 114 valence electrons. The fourth-order valence-electron chi connectivity index (χ4n) is 2.45. The first-order valence-corrected chi connectivity index (χ1v) is 6.99. The summed E-state index contributed by atoms with van der Waals surface area (Å²) >= 11 is 0. The van der Waals surface area contributed by atoms with Crippen LogP contribution in [-0.4, -0.2) is 47.4 Å². The number of nitriles is 1. The number of carbonyl (C=O) groups is 1. The smallest absolute Gasteiger partial charge is 0.410 e. The molecule has 1 saturated heterocycles. The Labute approximate surface area is 120 Å². The van der Waals surface area contributed by atoms with Gasteiger partial charge in [-0.2, -0.15) is 5.26 Å². The molecule has 0 aromatic heterocycles. The van der Waals surface area contributed by atoms with Crippen molar-refractivity contribution in [3.63, 3.8) is 0 Å². The van der Waals surface area contributed by atoms with E-state index in [1.165, 1.54) is 0 Å². The zero-order valence-electron chi connectivity index (χ0n) is 12.6. The molecule has 1 heterocycles. The van der Waals surface area contributed by atoms with Gasteiger partial charge < -0.3 is 20.5 Å². The molecule has 1 aliphatic heterocycles. The number of likely N-dealkylation sites (tertiary alicyclic amines) is 1. The van der Waals surface area contributed by atoms with E-state index < -0.39 is 23.2 Å². The monoisotopic (exact) mass is 283 g/mol. The Morgan fingerprint density at radius 1 is 1.60 bits per heavy atom. The van der Waals surface area contributed by atoms with Gasteiger partial charge in [0.05, 0.1) is 17.6 Å². The quantitative estimate of drug-likeness (QED) is 0.811. The lowest BCUT2D eigenvalue weighted by molar-refractivity contribution is 0.00461. The van der Waals surface area contributed by atoms with Crippen LogP contribution in [0.2, 0.25) is 0 Å². The van der Waals surface area contributed by atoms with Gasteiger partial charge in [0.1, 0.15) is 5.60 Å². The molecule has 0 bridgehead atoms. The lowest BCUT2D eigenvalue weighted by Gasteiger charge is -2.39. The van der Waals surface area contributed by atoms with Crippen LogP contribution in [0.4, 0.5) is 4.79 Å². The Bertz CT molecular complexity index is 386. The van der Waals surface area contributed by atoms with Crippen molar-refractivity contribution in [2.45, 2.75) is 51.7 Å². The molecule has 0 spiro atoms. The van der Waals surface area contributed by atoms with Crippen LogP contribution in [0.25, 0.3) is 0 Å². The average Bonchev–Trinajstić information content (AvgIpc) is 2.37. The van der Waals surface area contributed by atoms with Crippen molar-refractivity contribution in [3.8, 4) is 6.07 Å². The number of ether oxygens (including phenoxy) is 1. The van der Waals surface area contributed by atoms with Crippen molar-refractivity contribution in [3.05, 3.63) is 0 Å². The first kappa shape index (κ1) is 16.7. The molecule has 0 unspecified atom stereocenters. The molecule has 2 atom stereocenters. The highest BCUT2D eigenvalue weighted by molar-refractivity contribution is 5.68. The maximum absolute atomic E-state index is 12.1. The fourth-order valence-corrected chi connectivity index (χ4v) is 2.45. The van der Waals surface area contributed by atoms with Crippen molar-refractivity contribution in [1.29, 1.82) is 5.26 Å². The Kier molecular flexibility index (Phi) is 5.37. The van der Waals surface area contributed by atoms with Crippen LogP contribution in [0.5, 0.6) is 0 Å². The molecule has 0 aromatic carbocycles. The summed E-state index contributed by atoms with van der Waals surface area (Å²) in [6.45, 7) is 6.42. The molecule has 0 radical (unpaired) electrons. The SMILES string of the molecule is CC(C)(C)OC(=O)N1CCC[C@](C#N)(C[C@@H](O)CN)C1. The van der Waals surface area contributed by atoms with Crippen LogP contribution in [-0.2, 0) is 4.74 Å². The molecule has 20 heavy (non-hydrogen) atoms. The number of hydrogen-bond donors (Lipinski definition) is 2. The Hall–Kier alpha value is -1.32. The highest BCUT2D eigenvalue weighted by atomic mass is 16.6. The zero-order chi connectivity index (χ0) is 15.4. The molecule has 6 heteroatoms. The average molecular weight is 283 g/mol. The van der Waals surface area contributed by atoms with Crippen LogP contribution >= 0.6 is 0 Å². The highest BCUT2D eigenvalue weighted by Gasteiger charge is 2.39. The molecular weight excluding hydrogens is 258 g/mol. The summed E-state index contributed by atoms with van der Waals surface area (Å²) < 4.78 is 5.34. The Morgan fingerprint density at radius 2 is 2.25 bits per heavy atom. The molecule has 0 aromatic rings. The summed E-state index contributed by atoms with van der Waals surface area (Å²) in [6.07, 6.45) is 0.566. The topological polar surface area (TPSA) is 99.6 Å². The maximum atomic E-state index is 12.1. The van der Waals surface area contributed by atoms with E-state index in [9.17, 15) is 15.2 Å². The largest absolute Gasteiger partial charge is 0.444 e. The second-order valence-corrected chi connectivity index (χ2v) is 6.49. The maximum Gasteiger partial charge on any atom is 0.410 e. The van der Waals surface area contributed by atoms with E-state index in [-0.39, 0.29) is 13.1 Å². The number of hydrogen-bond acceptors (Lipinski definition) is 5. The minimum absolute atomic E-state index is 0.121. The van der Waals surface area contributed by atoms with Crippen molar-refractivity contribution in [1.82, 2.24) is 4.90 Å². The normalized spacial score (nSPS) is 24.9. The summed E-state index contributed by atoms with van der Waals surface area (Å²) in [4.78, 5) is 13.6. The molecule has 1 rings (SSSR count). The molecule has 0 aliphatic carbocycles. The zero-order valence-corrected chi connectivity index (χ0v) is 12.6. The van der Waals surface area contributed by atoms with Gasteiger partial charge in [-0.15, -0.1) is 0 Å². The van der Waals surface area contributed by atoms with Crippen LogP contribution in [0.15, 0.2) is 0 Å². The van der Waals surface area contributed by atoms with Crippen molar-refractivity contribution in [2.75, 3.05) is 19.6 Å². The minimum Gasteiger partial charge on any atom is -0.444 e. The number of amides is 1. The van der Waals surface area contributed by atoms with Gasteiger partial charge in [-0.3, -0.25) is 0 Å². The number of piperidine rings is 1. The number of nitrogens with zero attached hydrogens (tertiary/aromatic N) is 2. The standard InChI is InChI=1S/C14H25N3O3/c1-13(2,3)20-12(19)17-6-4-5-14(9-16,10-17)7-11(18)8-15/h11,18H,4-8,10,15H2,1-3H3/t11-,14-/m1/s1. The summed E-state index contributed by atoms with van der Waals surface area (Å²) in [5, 5.41) is 19.1.